The number of rotatable bonds is 3. The highest BCUT2D eigenvalue weighted by Crippen LogP contribution is 2.22. The molecule has 3 rings (SSSR count). The molecule has 0 aromatic carbocycles. The quantitative estimate of drug-likeness (QED) is 0.629. The number of carbonyl (C=O) groups is 1. The molecule has 23 heavy (non-hydrogen) atoms. The number of hydrogen-bond acceptors (Lipinski definition) is 6. The van der Waals surface area contributed by atoms with Crippen LogP contribution < -0.4 is 10.6 Å². The van der Waals surface area contributed by atoms with E-state index in [-0.39, 0.29) is 11.0 Å². The van der Waals surface area contributed by atoms with E-state index in [1.54, 1.807) is 12.1 Å². The molecule has 0 aliphatic carbocycles. The van der Waals surface area contributed by atoms with E-state index in [1.807, 2.05) is 6.07 Å². The fraction of sp³-hybridized carbons (Fsp3) is 0. The molecule has 3 aromatic heterocycles. The van der Waals surface area contributed by atoms with E-state index in [0.717, 1.165) is 0 Å². The van der Waals surface area contributed by atoms with E-state index in [2.05, 4.69) is 25.7 Å². The molecule has 3 heterocycles. The molecule has 0 atom stereocenters. The van der Waals surface area contributed by atoms with Crippen LogP contribution in [0, 0.1) is 11.3 Å². The van der Waals surface area contributed by atoms with Gasteiger partial charge in [0.15, 0.2) is 5.65 Å². The zero-order valence-electron chi connectivity index (χ0n) is 11.4. The smallest absolute Gasteiger partial charge is 0.410 e. The Bertz CT molecular complexity index is 930. The number of hydrogen-bond donors (Lipinski definition) is 3. The summed E-state index contributed by atoms with van der Waals surface area (Å²) >= 11 is 5.97. The van der Waals surface area contributed by atoms with Crippen molar-refractivity contribution < 1.29 is 9.90 Å². The van der Waals surface area contributed by atoms with Crippen molar-refractivity contribution in [2.24, 2.45) is 0 Å². The van der Waals surface area contributed by atoms with Gasteiger partial charge in [0, 0.05) is 6.07 Å². The number of halogens is 1. The van der Waals surface area contributed by atoms with Crippen LogP contribution in [0.3, 0.4) is 0 Å². The lowest BCUT2D eigenvalue weighted by molar-refractivity contribution is 0.209. The van der Waals surface area contributed by atoms with Crippen molar-refractivity contribution in [2.45, 2.75) is 0 Å². The van der Waals surface area contributed by atoms with Crippen molar-refractivity contribution in [3.63, 3.8) is 0 Å². The number of aromatic nitrogens is 4. The van der Waals surface area contributed by atoms with E-state index in [0.29, 0.717) is 22.7 Å². The van der Waals surface area contributed by atoms with E-state index in [1.165, 1.54) is 23.0 Å². The standard InChI is InChI=1S/C13H8ClN7O2/c14-9-3-11(21-12(19-9)7(4-15)5-17-21)18-8-1-2-10(16-6-8)20-13(22)23/h1-3,5-6,18H,(H,16,20)(H,22,23). The van der Waals surface area contributed by atoms with E-state index in [9.17, 15) is 4.79 Å². The molecule has 3 N–H and O–H groups in total. The number of anilines is 3. The lowest BCUT2D eigenvalue weighted by atomic mass is 10.3. The minimum Gasteiger partial charge on any atom is -0.465 e. The Hall–Kier alpha value is -3.38. The van der Waals surface area contributed by atoms with Gasteiger partial charge in [-0.05, 0) is 12.1 Å². The van der Waals surface area contributed by atoms with Crippen molar-refractivity contribution in [1.82, 2.24) is 19.6 Å². The predicted octanol–water partition coefficient (Wildman–Crippen LogP) is 2.48. The first-order valence-electron chi connectivity index (χ1n) is 6.24. The number of nitrogens with one attached hydrogen (secondary N) is 2. The molecule has 10 heteroatoms. The van der Waals surface area contributed by atoms with Crippen LogP contribution in [-0.2, 0) is 0 Å². The lowest BCUT2D eigenvalue weighted by Crippen LogP contribution is -2.08. The van der Waals surface area contributed by atoms with Crippen molar-refractivity contribution in [2.75, 3.05) is 10.6 Å². The first-order valence-corrected chi connectivity index (χ1v) is 6.62. The minimum atomic E-state index is -1.19. The molecule has 0 bridgehead atoms. The zero-order valence-corrected chi connectivity index (χ0v) is 12.1. The molecule has 0 fully saturated rings. The van der Waals surface area contributed by atoms with Crippen LogP contribution in [0.1, 0.15) is 5.56 Å². The Labute approximate surface area is 134 Å². The third kappa shape index (κ3) is 2.97. The number of amides is 1. The van der Waals surface area contributed by atoms with Gasteiger partial charge in [-0.2, -0.15) is 14.9 Å². The second-order valence-electron chi connectivity index (χ2n) is 4.36. The van der Waals surface area contributed by atoms with Gasteiger partial charge in [-0.25, -0.2) is 14.8 Å². The number of nitriles is 1. The SMILES string of the molecule is N#Cc1cnn2c(Nc3ccc(NC(=O)O)nc3)cc(Cl)nc12. The van der Waals surface area contributed by atoms with Crippen LogP contribution in [0.25, 0.3) is 5.65 Å². The van der Waals surface area contributed by atoms with Crippen LogP contribution in [-0.4, -0.2) is 30.8 Å². The lowest BCUT2D eigenvalue weighted by Gasteiger charge is -2.09. The van der Waals surface area contributed by atoms with Crippen LogP contribution >= 0.6 is 11.6 Å². The summed E-state index contributed by atoms with van der Waals surface area (Å²) in [6.45, 7) is 0. The van der Waals surface area contributed by atoms with Crippen molar-refractivity contribution in [3.8, 4) is 6.07 Å². The summed E-state index contributed by atoms with van der Waals surface area (Å²) in [5.41, 5.74) is 1.22. The Balaban J connectivity index is 1.94. The molecule has 0 saturated heterocycles. The number of fused-ring (bicyclic) bond motifs is 1. The summed E-state index contributed by atoms with van der Waals surface area (Å²) in [6.07, 6.45) is 1.64. The highest BCUT2D eigenvalue weighted by Gasteiger charge is 2.11. The molecule has 114 valence electrons. The molecule has 0 aliphatic rings. The third-order valence-electron chi connectivity index (χ3n) is 2.83. The summed E-state index contributed by atoms with van der Waals surface area (Å²) in [7, 11) is 0. The van der Waals surface area contributed by atoms with Crippen molar-refractivity contribution >= 4 is 40.7 Å². The van der Waals surface area contributed by atoms with Gasteiger partial charge >= 0.3 is 6.09 Å². The second-order valence-corrected chi connectivity index (χ2v) is 4.74. The predicted molar refractivity (Wildman–Crippen MR) is 81.9 cm³/mol. The first kappa shape index (κ1) is 14.6. The highest BCUT2D eigenvalue weighted by atomic mass is 35.5. The van der Waals surface area contributed by atoms with Gasteiger partial charge in [0.05, 0.1) is 18.1 Å². The molecule has 0 spiro atoms. The summed E-state index contributed by atoms with van der Waals surface area (Å²) in [5, 5.41) is 27.1. The Morgan fingerprint density at radius 3 is 2.87 bits per heavy atom. The monoisotopic (exact) mass is 329 g/mol. The summed E-state index contributed by atoms with van der Waals surface area (Å²) in [6, 6.07) is 6.67. The van der Waals surface area contributed by atoms with Crippen LogP contribution in [0.4, 0.5) is 22.1 Å². The van der Waals surface area contributed by atoms with E-state index in [4.69, 9.17) is 22.0 Å². The normalized spacial score (nSPS) is 10.3. The number of carboxylic acid groups (broad SMARTS) is 1. The molecule has 0 unspecified atom stereocenters. The number of pyridine rings is 1. The molecule has 9 nitrogen and oxygen atoms in total. The Morgan fingerprint density at radius 2 is 2.22 bits per heavy atom. The molecule has 3 aromatic rings. The summed E-state index contributed by atoms with van der Waals surface area (Å²) in [5.74, 6) is 0.689. The van der Waals surface area contributed by atoms with Crippen LogP contribution in [0.15, 0.2) is 30.6 Å². The van der Waals surface area contributed by atoms with Crippen LogP contribution in [0.5, 0.6) is 0 Å². The van der Waals surface area contributed by atoms with Gasteiger partial charge in [-0.15, -0.1) is 0 Å². The summed E-state index contributed by atoms with van der Waals surface area (Å²) in [4.78, 5) is 18.6. The van der Waals surface area contributed by atoms with Gasteiger partial charge in [0.2, 0.25) is 0 Å². The maximum absolute atomic E-state index is 10.5. The van der Waals surface area contributed by atoms with Gasteiger partial charge in [-0.3, -0.25) is 5.32 Å². The van der Waals surface area contributed by atoms with Crippen molar-refractivity contribution in [1.29, 1.82) is 5.26 Å². The average molecular weight is 330 g/mol. The topological polar surface area (TPSA) is 128 Å². The van der Waals surface area contributed by atoms with Gasteiger partial charge in [0.25, 0.3) is 0 Å². The molecule has 1 amide bonds. The summed E-state index contributed by atoms with van der Waals surface area (Å²) < 4.78 is 1.44. The van der Waals surface area contributed by atoms with Crippen LogP contribution in [0.2, 0.25) is 5.15 Å². The van der Waals surface area contributed by atoms with Gasteiger partial charge < -0.3 is 10.4 Å². The Kier molecular flexibility index (Phi) is 3.66. The highest BCUT2D eigenvalue weighted by molar-refractivity contribution is 6.29. The maximum atomic E-state index is 10.5. The minimum absolute atomic E-state index is 0.201. The number of nitrogens with zero attached hydrogens (tertiary/aromatic N) is 5. The third-order valence-corrected chi connectivity index (χ3v) is 3.03. The average Bonchev–Trinajstić information content (AvgIpc) is 2.91. The fourth-order valence-corrected chi connectivity index (χ4v) is 2.08. The van der Waals surface area contributed by atoms with Gasteiger partial charge in [0.1, 0.15) is 28.4 Å². The maximum Gasteiger partial charge on any atom is 0.410 e. The van der Waals surface area contributed by atoms with E-state index >= 15 is 0 Å². The first-order chi connectivity index (χ1) is 11.1. The molecular formula is C13H8ClN7O2. The van der Waals surface area contributed by atoms with Crippen molar-refractivity contribution in [3.05, 3.63) is 41.3 Å². The fourth-order valence-electron chi connectivity index (χ4n) is 1.90. The Morgan fingerprint density at radius 1 is 1.39 bits per heavy atom. The zero-order chi connectivity index (χ0) is 16.4. The van der Waals surface area contributed by atoms with Gasteiger partial charge in [-0.1, -0.05) is 11.6 Å². The largest absolute Gasteiger partial charge is 0.465 e. The molecular weight excluding hydrogens is 322 g/mol. The molecule has 0 aliphatic heterocycles. The molecule has 0 radical (unpaired) electrons. The van der Waals surface area contributed by atoms with E-state index < -0.39 is 6.09 Å². The second kappa shape index (κ2) is 5.78. The molecule has 0 saturated carbocycles.